The van der Waals surface area contributed by atoms with E-state index in [-0.39, 0.29) is 41.5 Å². The number of imidazole rings is 1. The van der Waals surface area contributed by atoms with Crippen molar-refractivity contribution < 1.29 is 23.1 Å². The van der Waals surface area contributed by atoms with Crippen LogP contribution in [0.3, 0.4) is 0 Å². The first-order chi connectivity index (χ1) is 21.7. The molecule has 4 heterocycles. The van der Waals surface area contributed by atoms with Crippen LogP contribution in [0.2, 0.25) is 0 Å². The number of hydrogen-bond acceptors (Lipinski definition) is 7. The second kappa shape index (κ2) is 13.9. The molecule has 0 aliphatic carbocycles. The number of nitrogens with one attached hydrogen (secondary N) is 1. The van der Waals surface area contributed by atoms with Crippen molar-refractivity contribution in [2.45, 2.75) is 52.1 Å². The van der Waals surface area contributed by atoms with Crippen LogP contribution in [0.15, 0.2) is 46.1 Å². The van der Waals surface area contributed by atoms with E-state index in [4.69, 9.17) is 4.74 Å². The molecule has 1 aliphatic rings. The van der Waals surface area contributed by atoms with E-state index in [2.05, 4.69) is 15.0 Å². The lowest BCUT2D eigenvalue weighted by molar-refractivity contribution is -0.127. The van der Waals surface area contributed by atoms with Gasteiger partial charge in [0.2, 0.25) is 5.91 Å². The van der Waals surface area contributed by atoms with Crippen LogP contribution in [0.4, 0.5) is 14.6 Å². The van der Waals surface area contributed by atoms with Gasteiger partial charge in [-0.1, -0.05) is 6.92 Å². The summed E-state index contributed by atoms with van der Waals surface area (Å²) in [6.07, 6.45) is 4.35. The number of fused-ring (bicyclic) bond motifs is 1. The van der Waals surface area contributed by atoms with Crippen LogP contribution in [0.25, 0.3) is 22.6 Å². The third kappa shape index (κ3) is 6.70. The number of aryl methyl sites for hydroxylation is 1. The number of nitrogens with zero attached hydrogens (tertiary/aromatic N) is 6. The number of pyridine rings is 1. The third-order valence-corrected chi connectivity index (χ3v) is 7.73. The molecular formula is C31H35F2N7O5. The lowest BCUT2D eigenvalue weighted by Gasteiger charge is -2.24. The Morgan fingerprint density at radius 3 is 2.53 bits per heavy atom. The molecule has 2 amide bonds. The van der Waals surface area contributed by atoms with Crippen molar-refractivity contribution >= 4 is 28.8 Å². The van der Waals surface area contributed by atoms with Crippen molar-refractivity contribution in [1.29, 1.82) is 0 Å². The van der Waals surface area contributed by atoms with Crippen LogP contribution in [-0.2, 0) is 22.6 Å². The van der Waals surface area contributed by atoms with E-state index < -0.39 is 28.8 Å². The zero-order chi connectivity index (χ0) is 32.1. The lowest BCUT2D eigenvalue weighted by Crippen LogP contribution is -2.40. The van der Waals surface area contributed by atoms with Gasteiger partial charge in [-0.15, -0.1) is 0 Å². The Morgan fingerprint density at radius 1 is 1.04 bits per heavy atom. The summed E-state index contributed by atoms with van der Waals surface area (Å²) in [4.78, 5) is 67.2. The molecule has 1 aliphatic heterocycles. The number of likely N-dealkylation sites (tertiary alicyclic amines) is 1. The summed E-state index contributed by atoms with van der Waals surface area (Å²) in [6, 6.07) is 6.19. The van der Waals surface area contributed by atoms with Crippen molar-refractivity contribution in [1.82, 2.24) is 29.0 Å². The standard InChI is InChI=1S/C31H35F2N7O5/c1-3-12-39-28-26(30(43)40(31(39)44)16-6-17-45-2)35-27(36-28)21-9-11-24(34-19-21)38(15-5-14-37-13-4-7-25(37)41)29(42)20-8-10-22(32)23(33)18-20/h8-11,18-19H,3-7,12-17H2,1-2H3,(H,35,36). The fourth-order valence-corrected chi connectivity index (χ4v) is 5.44. The molecule has 0 bridgehead atoms. The molecule has 0 saturated carbocycles. The van der Waals surface area contributed by atoms with E-state index in [1.165, 1.54) is 26.3 Å². The summed E-state index contributed by atoms with van der Waals surface area (Å²) in [5, 5.41) is 0. The zero-order valence-electron chi connectivity index (χ0n) is 25.2. The summed E-state index contributed by atoms with van der Waals surface area (Å²) in [6.45, 7) is 4.16. The molecule has 238 valence electrons. The van der Waals surface area contributed by atoms with Crippen LogP contribution < -0.4 is 16.1 Å². The molecule has 0 spiro atoms. The Hall–Kier alpha value is -4.72. The number of aromatic amines is 1. The van der Waals surface area contributed by atoms with Gasteiger partial charge in [0.05, 0.1) is 0 Å². The van der Waals surface area contributed by atoms with Gasteiger partial charge < -0.3 is 14.6 Å². The summed E-state index contributed by atoms with van der Waals surface area (Å²) in [5.41, 5.74) is -0.0594. The summed E-state index contributed by atoms with van der Waals surface area (Å²) < 4.78 is 35.3. The number of amides is 2. The average Bonchev–Trinajstić information content (AvgIpc) is 3.67. The Kier molecular flexibility index (Phi) is 9.81. The van der Waals surface area contributed by atoms with Crippen LogP contribution in [-0.4, -0.2) is 74.2 Å². The first kappa shape index (κ1) is 31.7. The van der Waals surface area contributed by atoms with E-state index in [1.807, 2.05) is 6.92 Å². The number of carbonyl (C=O) groups is 2. The number of H-pyrrole nitrogens is 1. The molecule has 1 fully saturated rings. The molecule has 14 heteroatoms. The molecule has 3 aromatic heterocycles. The maximum absolute atomic E-state index is 14.0. The number of aromatic nitrogens is 5. The van der Waals surface area contributed by atoms with E-state index in [1.54, 1.807) is 24.1 Å². The fourth-order valence-electron chi connectivity index (χ4n) is 5.44. The summed E-state index contributed by atoms with van der Waals surface area (Å²) >= 11 is 0. The first-order valence-electron chi connectivity index (χ1n) is 15.0. The van der Waals surface area contributed by atoms with Gasteiger partial charge in [0.1, 0.15) is 17.2 Å². The molecule has 12 nitrogen and oxygen atoms in total. The second-order valence-corrected chi connectivity index (χ2v) is 10.9. The Balaban J connectivity index is 1.46. The van der Waals surface area contributed by atoms with Crippen molar-refractivity contribution in [3.63, 3.8) is 0 Å². The number of halogens is 2. The largest absolute Gasteiger partial charge is 0.385 e. The normalized spacial score (nSPS) is 13.2. The van der Waals surface area contributed by atoms with Crippen LogP contribution in [0, 0.1) is 11.6 Å². The van der Waals surface area contributed by atoms with Crippen molar-refractivity contribution in [3.8, 4) is 11.4 Å². The lowest BCUT2D eigenvalue weighted by atomic mass is 10.1. The van der Waals surface area contributed by atoms with Gasteiger partial charge in [0, 0.05) is 70.2 Å². The highest BCUT2D eigenvalue weighted by molar-refractivity contribution is 6.05. The molecule has 4 aromatic rings. The van der Waals surface area contributed by atoms with Crippen LogP contribution in [0.1, 0.15) is 49.4 Å². The highest BCUT2D eigenvalue weighted by Crippen LogP contribution is 2.23. The molecule has 1 aromatic carbocycles. The Labute approximate surface area is 257 Å². The quantitative estimate of drug-likeness (QED) is 0.226. The first-order valence-corrected chi connectivity index (χ1v) is 15.0. The minimum Gasteiger partial charge on any atom is -0.385 e. The Bertz CT molecular complexity index is 1820. The van der Waals surface area contributed by atoms with E-state index in [0.717, 1.165) is 18.6 Å². The smallest absolute Gasteiger partial charge is 0.332 e. The molecule has 0 unspecified atom stereocenters. The molecule has 1 saturated heterocycles. The van der Waals surface area contributed by atoms with E-state index in [9.17, 15) is 28.0 Å². The van der Waals surface area contributed by atoms with Gasteiger partial charge in [-0.25, -0.2) is 23.5 Å². The van der Waals surface area contributed by atoms with E-state index >= 15 is 0 Å². The van der Waals surface area contributed by atoms with Crippen molar-refractivity contribution in [2.75, 3.05) is 38.3 Å². The fraction of sp³-hybridized carbons (Fsp3) is 0.419. The van der Waals surface area contributed by atoms with Gasteiger partial charge in [-0.3, -0.25) is 28.4 Å². The SMILES string of the molecule is CCCn1c(=O)n(CCCOC)c(=O)c2[nH]c(-c3ccc(N(CCCN4CCCC4=O)C(=O)c4ccc(F)c(F)c4)nc3)nc21. The minimum absolute atomic E-state index is 0.0509. The van der Waals surface area contributed by atoms with E-state index in [0.29, 0.717) is 63.3 Å². The Morgan fingerprint density at radius 2 is 1.87 bits per heavy atom. The number of benzene rings is 1. The van der Waals surface area contributed by atoms with Gasteiger partial charge in [-0.2, -0.15) is 0 Å². The molecule has 5 rings (SSSR count). The molecule has 45 heavy (non-hydrogen) atoms. The third-order valence-electron chi connectivity index (χ3n) is 7.73. The van der Waals surface area contributed by atoms with Crippen molar-refractivity contribution in [2.24, 2.45) is 0 Å². The van der Waals surface area contributed by atoms with Crippen molar-refractivity contribution in [3.05, 3.63) is 74.6 Å². The van der Waals surface area contributed by atoms with Gasteiger partial charge in [0.15, 0.2) is 17.3 Å². The molecule has 0 radical (unpaired) electrons. The predicted molar refractivity (Wildman–Crippen MR) is 163 cm³/mol. The monoisotopic (exact) mass is 623 g/mol. The predicted octanol–water partition coefficient (Wildman–Crippen LogP) is 3.33. The number of rotatable bonds is 13. The second-order valence-electron chi connectivity index (χ2n) is 10.9. The molecule has 0 atom stereocenters. The number of ether oxygens (including phenoxy) is 1. The topological polar surface area (TPSA) is 135 Å². The van der Waals surface area contributed by atoms with Gasteiger partial charge in [0.25, 0.3) is 11.5 Å². The van der Waals surface area contributed by atoms with Gasteiger partial charge in [-0.05, 0) is 56.0 Å². The molecule has 1 N–H and O–H groups in total. The maximum Gasteiger partial charge on any atom is 0.332 e. The van der Waals surface area contributed by atoms with Gasteiger partial charge >= 0.3 is 5.69 Å². The highest BCUT2D eigenvalue weighted by atomic mass is 19.2. The zero-order valence-corrected chi connectivity index (χ0v) is 25.2. The number of hydrogen-bond donors (Lipinski definition) is 1. The number of carbonyl (C=O) groups excluding carboxylic acids is 2. The van der Waals surface area contributed by atoms with Crippen LogP contribution in [0.5, 0.6) is 0 Å². The summed E-state index contributed by atoms with van der Waals surface area (Å²) in [5.74, 6) is -2.16. The number of methoxy groups -OCH3 is 1. The van der Waals surface area contributed by atoms with Crippen LogP contribution >= 0.6 is 0 Å². The highest BCUT2D eigenvalue weighted by Gasteiger charge is 2.24. The number of anilines is 1. The maximum atomic E-state index is 14.0. The summed E-state index contributed by atoms with van der Waals surface area (Å²) in [7, 11) is 1.55. The minimum atomic E-state index is -1.14. The molecular weight excluding hydrogens is 588 g/mol. The average molecular weight is 624 g/mol.